The highest BCUT2D eigenvalue weighted by Crippen LogP contribution is 2.32. The quantitative estimate of drug-likeness (QED) is 0.296. The van der Waals surface area contributed by atoms with Gasteiger partial charge < -0.3 is 10.2 Å². The van der Waals surface area contributed by atoms with Crippen LogP contribution in [0.2, 0.25) is 0 Å². The molecule has 2 N–H and O–H groups in total. The van der Waals surface area contributed by atoms with Crippen LogP contribution in [-0.2, 0) is 0 Å². The van der Waals surface area contributed by atoms with Crippen LogP contribution in [0.5, 0.6) is 11.5 Å². The number of hydrogen-bond acceptors (Lipinski definition) is 4. The first kappa shape index (κ1) is 20.5. The van der Waals surface area contributed by atoms with Gasteiger partial charge in [-0.3, -0.25) is 9.98 Å². The van der Waals surface area contributed by atoms with Gasteiger partial charge in [-0.1, -0.05) is 66.7 Å². The molecule has 4 heteroatoms. The molecule has 160 valence electrons. The number of aliphatic imine (C=N–C) groups is 2. The smallest absolute Gasteiger partial charge is 0.132 e. The van der Waals surface area contributed by atoms with Crippen molar-refractivity contribution < 1.29 is 10.2 Å². The maximum Gasteiger partial charge on any atom is 0.132 e. The molecule has 4 nitrogen and oxygen atoms in total. The molecule has 0 saturated carbocycles. The summed E-state index contributed by atoms with van der Waals surface area (Å²) in [6, 6.07) is 28.9. The Bertz CT molecular complexity index is 1550. The van der Waals surface area contributed by atoms with Gasteiger partial charge in [-0.15, -0.1) is 0 Å². The second-order valence-corrected chi connectivity index (χ2v) is 7.96. The highest BCUT2D eigenvalue weighted by atomic mass is 16.3. The molecule has 0 aliphatic carbocycles. The molecule has 33 heavy (non-hydrogen) atoms. The highest BCUT2D eigenvalue weighted by Gasteiger charge is 2.07. The van der Waals surface area contributed by atoms with Crippen molar-refractivity contribution in [2.45, 2.75) is 6.92 Å². The lowest BCUT2D eigenvalue weighted by Crippen LogP contribution is -1.86. The summed E-state index contributed by atoms with van der Waals surface area (Å²) in [5.41, 5.74) is 3.68. The van der Waals surface area contributed by atoms with Crippen LogP contribution in [0.15, 0.2) is 101 Å². The molecule has 0 aromatic heterocycles. The van der Waals surface area contributed by atoms with Crippen molar-refractivity contribution in [3.05, 3.63) is 108 Å². The zero-order valence-electron chi connectivity index (χ0n) is 18.1. The van der Waals surface area contributed by atoms with Crippen LogP contribution in [0.25, 0.3) is 21.5 Å². The molecule has 0 fully saturated rings. The van der Waals surface area contributed by atoms with E-state index in [1.54, 1.807) is 12.4 Å². The third-order valence-corrected chi connectivity index (χ3v) is 5.68. The minimum Gasteiger partial charge on any atom is -0.507 e. The van der Waals surface area contributed by atoms with Crippen molar-refractivity contribution in [2.24, 2.45) is 9.98 Å². The molecule has 0 aliphatic rings. The van der Waals surface area contributed by atoms with Gasteiger partial charge in [-0.25, -0.2) is 0 Å². The lowest BCUT2D eigenvalue weighted by molar-refractivity contribution is 0.480. The first-order valence-corrected chi connectivity index (χ1v) is 10.7. The number of aromatic hydroxyl groups is 2. The Kier molecular flexibility index (Phi) is 5.33. The minimum atomic E-state index is 0.204. The normalized spacial score (nSPS) is 11.8. The van der Waals surface area contributed by atoms with Gasteiger partial charge in [-0.2, -0.15) is 0 Å². The number of aryl methyl sites for hydroxylation is 1. The molecule has 0 unspecified atom stereocenters. The molecule has 5 aromatic rings. The number of phenolic OH excluding ortho intramolecular Hbond substituents is 2. The van der Waals surface area contributed by atoms with Gasteiger partial charge in [0.25, 0.3) is 0 Å². The highest BCUT2D eigenvalue weighted by molar-refractivity contribution is 5.99. The summed E-state index contributed by atoms with van der Waals surface area (Å²) in [4.78, 5) is 9.24. The average Bonchev–Trinajstić information content (AvgIpc) is 2.84. The van der Waals surface area contributed by atoms with E-state index in [-0.39, 0.29) is 11.5 Å². The number of rotatable bonds is 4. The van der Waals surface area contributed by atoms with Gasteiger partial charge in [0.2, 0.25) is 0 Å². The van der Waals surface area contributed by atoms with Crippen LogP contribution in [0.1, 0.15) is 16.7 Å². The maximum atomic E-state index is 10.7. The van der Waals surface area contributed by atoms with Crippen LogP contribution in [0.4, 0.5) is 11.4 Å². The summed E-state index contributed by atoms with van der Waals surface area (Å²) >= 11 is 0. The van der Waals surface area contributed by atoms with Gasteiger partial charge >= 0.3 is 0 Å². The van der Waals surface area contributed by atoms with E-state index in [9.17, 15) is 10.2 Å². The van der Waals surface area contributed by atoms with Crippen LogP contribution in [0.3, 0.4) is 0 Å². The molecule has 0 saturated heterocycles. The second-order valence-electron chi connectivity index (χ2n) is 7.96. The number of benzene rings is 5. The number of phenols is 2. The molecule has 0 heterocycles. The molecule has 0 bridgehead atoms. The van der Waals surface area contributed by atoms with E-state index in [2.05, 4.69) is 9.98 Å². The Morgan fingerprint density at radius 1 is 0.576 bits per heavy atom. The Labute approximate surface area is 191 Å². The Hall–Kier alpha value is -4.44. The first-order chi connectivity index (χ1) is 16.1. The zero-order chi connectivity index (χ0) is 22.8. The van der Waals surface area contributed by atoms with Crippen molar-refractivity contribution >= 4 is 45.3 Å². The van der Waals surface area contributed by atoms with E-state index in [4.69, 9.17) is 0 Å². The van der Waals surface area contributed by atoms with E-state index < -0.39 is 0 Å². The Morgan fingerprint density at radius 3 is 1.67 bits per heavy atom. The fraction of sp³-hybridized carbons (Fsp3) is 0.0345. The third kappa shape index (κ3) is 4.06. The maximum absolute atomic E-state index is 10.7. The monoisotopic (exact) mass is 430 g/mol. The van der Waals surface area contributed by atoms with Crippen molar-refractivity contribution in [1.29, 1.82) is 0 Å². The summed E-state index contributed by atoms with van der Waals surface area (Å²) in [6.45, 7) is 2.00. The molecule has 0 amide bonds. The van der Waals surface area contributed by atoms with Gasteiger partial charge in [0, 0.05) is 34.3 Å². The predicted octanol–water partition coefficient (Wildman–Crippen LogP) is 7.21. The fourth-order valence-corrected chi connectivity index (χ4v) is 3.88. The van der Waals surface area contributed by atoms with E-state index in [0.717, 1.165) is 27.1 Å². The number of hydrogen-bond donors (Lipinski definition) is 2. The molecule has 5 rings (SSSR count). The Balaban J connectivity index is 1.50. The van der Waals surface area contributed by atoms with Crippen molar-refractivity contribution in [1.82, 2.24) is 0 Å². The Morgan fingerprint density at radius 2 is 1.09 bits per heavy atom. The number of nitrogens with zero attached hydrogens (tertiary/aromatic N) is 2. The van der Waals surface area contributed by atoms with Crippen molar-refractivity contribution in [3.63, 3.8) is 0 Å². The lowest BCUT2D eigenvalue weighted by atomic mass is 10.1. The molecule has 0 spiro atoms. The SMILES string of the molecule is Cc1ccc(N=Cc2ccc3ccccc3c2O)c(N=Cc2ccc3ccccc3c2O)c1. The average molecular weight is 431 g/mol. The molecule has 0 atom stereocenters. The van der Waals surface area contributed by atoms with Gasteiger partial charge in [-0.05, 0) is 47.5 Å². The third-order valence-electron chi connectivity index (χ3n) is 5.68. The van der Waals surface area contributed by atoms with Crippen LogP contribution in [-0.4, -0.2) is 22.6 Å². The largest absolute Gasteiger partial charge is 0.507 e. The van der Waals surface area contributed by atoms with E-state index >= 15 is 0 Å². The van der Waals surface area contributed by atoms with Crippen molar-refractivity contribution in [2.75, 3.05) is 0 Å². The molecule has 0 radical (unpaired) electrons. The second kappa shape index (κ2) is 8.60. The first-order valence-electron chi connectivity index (χ1n) is 10.7. The van der Waals surface area contributed by atoms with E-state index in [0.29, 0.717) is 22.5 Å². The lowest BCUT2D eigenvalue weighted by Gasteiger charge is -2.06. The van der Waals surface area contributed by atoms with Crippen LogP contribution >= 0.6 is 0 Å². The fourth-order valence-electron chi connectivity index (χ4n) is 3.88. The predicted molar refractivity (Wildman–Crippen MR) is 137 cm³/mol. The zero-order valence-corrected chi connectivity index (χ0v) is 18.1. The summed E-state index contributed by atoms with van der Waals surface area (Å²) in [5, 5.41) is 24.9. The van der Waals surface area contributed by atoms with Gasteiger partial charge in [0.15, 0.2) is 0 Å². The summed E-state index contributed by atoms with van der Waals surface area (Å²) in [5.74, 6) is 0.408. The molecule has 0 aliphatic heterocycles. The molecule has 5 aromatic carbocycles. The summed E-state index contributed by atoms with van der Waals surface area (Å²) in [6.07, 6.45) is 3.31. The van der Waals surface area contributed by atoms with Gasteiger partial charge in [0.05, 0.1) is 11.4 Å². The summed E-state index contributed by atoms with van der Waals surface area (Å²) < 4.78 is 0. The number of fused-ring (bicyclic) bond motifs is 2. The van der Waals surface area contributed by atoms with E-state index in [1.165, 1.54) is 0 Å². The standard InChI is InChI=1S/C29H22N2O2/c1-19-10-15-26(30-17-22-13-11-20-6-2-4-8-24(20)28(22)32)27(16-19)31-18-23-14-12-21-7-3-5-9-25(21)29(23)33/h2-18,32-33H,1H3. The van der Waals surface area contributed by atoms with E-state index in [1.807, 2.05) is 97.9 Å². The van der Waals surface area contributed by atoms with Crippen LogP contribution in [0, 0.1) is 6.92 Å². The van der Waals surface area contributed by atoms with Gasteiger partial charge in [0.1, 0.15) is 11.5 Å². The summed E-state index contributed by atoms with van der Waals surface area (Å²) in [7, 11) is 0. The molecular formula is C29H22N2O2. The van der Waals surface area contributed by atoms with Crippen molar-refractivity contribution in [3.8, 4) is 11.5 Å². The topological polar surface area (TPSA) is 65.2 Å². The minimum absolute atomic E-state index is 0.204. The van der Waals surface area contributed by atoms with Crippen LogP contribution < -0.4 is 0 Å². The molecular weight excluding hydrogens is 408 g/mol.